The van der Waals surface area contributed by atoms with E-state index in [-0.39, 0.29) is 12.3 Å². The van der Waals surface area contributed by atoms with Crippen LogP contribution in [0.5, 0.6) is 0 Å². The van der Waals surface area contributed by atoms with Crippen molar-refractivity contribution in [1.29, 1.82) is 0 Å². The second-order valence-corrected chi connectivity index (χ2v) is 5.59. The Morgan fingerprint density at radius 2 is 1.65 bits per heavy atom. The van der Waals surface area contributed by atoms with Crippen molar-refractivity contribution < 1.29 is 9.53 Å². The third kappa shape index (κ3) is 5.85. The SMILES string of the molecule is CCCCCCCCCCOC(=O)N1C=CN(C)C1C. The van der Waals surface area contributed by atoms with Crippen molar-refractivity contribution >= 4 is 6.09 Å². The van der Waals surface area contributed by atoms with Crippen molar-refractivity contribution in [3.63, 3.8) is 0 Å². The summed E-state index contributed by atoms with van der Waals surface area (Å²) in [6.45, 7) is 4.76. The van der Waals surface area contributed by atoms with Crippen LogP contribution in [0.3, 0.4) is 0 Å². The Morgan fingerprint density at radius 3 is 2.20 bits per heavy atom. The second-order valence-electron chi connectivity index (χ2n) is 5.59. The highest BCUT2D eigenvalue weighted by Crippen LogP contribution is 2.14. The minimum atomic E-state index is -0.235. The molecule has 4 nitrogen and oxygen atoms in total. The van der Waals surface area contributed by atoms with E-state index in [9.17, 15) is 4.79 Å². The Morgan fingerprint density at radius 1 is 1.05 bits per heavy atom. The first kappa shape index (κ1) is 16.9. The van der Waals surface area contributed by atoms with Gasteiger partial charge in [0, 0.05) is 19.4 Å². The highest BCUT2D eigenvalue weighted by Gasteiger charge is 2.25. The van der Waals surface area contributed by atoms with E-state index in [1.54, 1.807) is 11.1 Å². The topological polar surface area (TPSA) is 32.8 Å². The van der Waals surface area contributed by atoms with Gasteiger partial charge in [-0.1, -0.05) is 51.9 Å². The Balaban J connectivity index is 1.96. The molecule has 1 aliphatic heterocycles. The normalized spacial score (nSPS) is 17.9. The highest BCUT2D eigenvalue weighted by molar-refractivity contribution is 5.69. The molecule has 4 heteroatoms. The molecule has 0 aliphatic carbocycles. The van der Waals surface area contributed by atoms with Crippen LogP contribution in [0.15, 0.2) is 12.4 Å². The van der Waals surface area contributed by atoms with Gasteiger partial charge >= 0.3 is 6.09 Å². The number of amides is 1. The van der Waals surface area contributed by atoms with Crippen LogP contribution in [0, 0.1) is 0 Å². The lowest BCUT2D eigenvalue weighted by Crippen LogP contribution is -2.38. The molecule has 0 saturated heterocycles. The van der Waals surface area contributed by atoms with Crippen LogP contribution < -0.4 is 0 Å². The Hall–Kier alpha value is -1.19. The summed E-state index contributed by atoms with van der Waals surface area (Å²) in [4.78, 5) is 15.4. The molecule has 0 aromatic rings. The largest absolute Gasteiger partial charge is 0.449 e. The molecule has 20 heavy (non-hydrogen) atoms. The Kier molecular flexibility index (Phi) is 8.16. The number of carbonyl (C=O) groups excluding carboxylic acids is 1. The number of unbranched alkanes of at least 4 members (excludes halogenated alkanes) is 7. The molecule has 116 valence electrons. The van der Waals surface area contributed by atoms with E-state index in [0.717, 1.165) is 12.8 Å². The zero-order valence-corrected chi connectivity index (χ0v) is 13.3. The van der Waals surface area contributed by atoms with Crippen LogP contribution in [0.2, 0.25) is 0 Å². The number of hydrogen-bond donors (Lipinski definition) is 0. The molecule has 1 atom stereocenters. The van der Waals surface area contributed by atoms with Gasteiger partial charge in [-0.2, -0.15) is 0 Å². The minimum Gasteiger partial charge on any atom is -0.449 e. The monoisotopic (exact) mass is 282 g/mol. The maximum absolute atomic E-state index is 11.8. The number of rotatable bonds is 9. The van der Waals surface area contributed by atoms with Gasteiger partial charge in [-0.25, -0.2) is 4.79 Å². The van der Waals surface area contributed by atoms with E-state index in [2.05, 4.69) is 6.92 Å². The molecule has 0 bridgehead atoms. The van der Waals surface area contributed by atoms with Crippen molar-refractivity contribution in [2.75, 3.05) is 13.7 Å². The van der Waals surface area contributed by atoms with Crippen molar-refractivity contribution in [1.82, 2.24) is 9.80 Å². The molecule has 1 aliphatic rings. The van der Waals surface area contributed by atoms with Crippen LogP contribution in [0.25, 0.3) is 0 Å². The zero-order chi connectivity index (χ0) is 14.8. The van der Waals surface area contributed by atoms with Gasteiger partial charge in [0.15, 0.2) is 0 Å². The van der Waals surface area contributed by atoms with E-state index < -0.39 is 0 Å². The van der Waals surface area contributed by atoms with Crippen molar-refractivity contribution in [2.45, 2.75) is 71.4 Å². The predicted molar refractivity (Wildman–Crippen MR) is 82.2 cm³/mol. The molecule has 0 aromatic heterocycles. The first-order valence-electron chi connectivity index (χ1n) is 8.02. The van der Waals surface area contributed by atoms with Gasteiger partial charge in [-0.3, -0.25) is 4.90 Å². The van der Waals surface area contributed by atoms with Gasteiger partial charge in [0.25, 0.3) is 0 Å². The molecular weight excluding hydrogens is 252 g/mol. The van der Waals surface area contributed by atoms with E-state index in [4.69, 9.17) is 4.74 Å². The van der Waals surface area contributed by atoms with Crippen molar-refractivity contribution in [3.8, 4) is 0 Å². The molecule has 1 rings (SSSR count). The number of ether oxygens (including phenoxy) is 1. The summed E-state index contributed by atoms with van der Waals surface area (Å²) in [7, 11) is 1.95. The van der Waals surface area contributed by atoms with Crippen LogP contribution in [-0.4, -0.2) is 35.7 Å². The summed E-state index contributed by atoms with van der Waals surface area (Å²) >= 11 is 0. The third-order valence-electron chi connectivity index (χ3n) is 3.89. The smallest absolute Gasteiger partial charge is 0.415 e. The van der Waals surface area contributed by atoms with Crippen LogP contribution >= 0.6 is 0 Å². The lowest BCUT2D eigenvalue weighted by Gasteiger charge is -2.24. The Bertz CT molecular complexity index is 305. The van der Waals surface area contributed by atoms with E-state index in [1.165, 1.54) is 38.5 Å². The molecule has 0 saturated carbocycles. The highest BCUT2D eigenvalue weighted by atomic mass is 16.6. The van der Waals surface area contributed by atoms with Gasteiger partial charge in [0.1, 0.15) is 6.17 Å². The lowest BCUT2D eigenvalue weighted by atomic mass is 10.1. The molecule has 0 radical (unpaired) electrons. The van der Waals surface area contributed by atoms with Gasteiger partial charge in [-0.05, 0) is 13.3 Å². The van der Waals surface area contributed by atoms with E-state index in [0.29, 0.717) is 6.61 Å². The summed E-state index contributed by atoms with van der Waals surface area (Å²) in [5.41, 5.74) is 0. The molecular formula is C16H30N2O2. The van der Waals surface area contributed by atoms with Gasteiger partial charge in [-0.15, -0.1) is 0 Å². The number of carbonyl (C=O) groups is 1. The molecule has 0 fully saturated rings. The molecule has 0 aromatic carbocycles. The van der Waals surface area contributed by atoms with Gasteiger partial charge < -0.3 is 9.64 Å². The standard InChI is InChI=1S/C16H30N2O2/c1-4-5-6-7-8-9-10-11-14-20-16(19)18-13-12-17(3)15(18)2/h12-13,15H,4-11,14H2,1-3H3. The zero-order valence-electron chi connectivity index (χ0n) is 13.3. The molecule has 0 N–H and O–H groups in total. The van der Waals surface area contributed by atoms with E-state index >= 15 is 0 Å². The third-order valence-corrected chi connectivity index (χ3v) is 3.89. The lowest BCUT2D eigenvalue weighted by molar-refractivity contribution is 0.0924. The second kappa shape index (κ2) is 9.67. The summed E-state index contributed by atoms with van der Waals surface area (Å²) in [6, 6.07) is 0. The average Bonchev–Trinajstić information content (AvgIpc) is 2.77. The molecule has 1 heterocycles. The average molecular weight is 282 g/mol. The first-order valence-corrected chi connectivity index (χ1v) is 8.02. The molecule has 1 unspecified atom stereocenters. The first-order chi connectivity index (χ1) is 9.66. The summed E-state index contributed by atoms with van der Waals surface area (Å²) < 4.78 is 5.30. The fraction of sp³-hybridized carbons (Fsp3) is 0.812. The fourth-order valence-electron chi connectivity index (χ4n) is 2.31. The maximum Gasteiger partial charge on any atom is 0.415 e. The fourth-order valence-corrected chi connectivity index (χ4v) is 2.31. The Labute approximate surface area is 123 Å². The predicted octanol–water partition coefficient (Wildman–Crippen LogP) is 4.33. The summed E-state index contributed by atoms with van der Waals surface area (Å²) in [5, 5.41) is 0. The van der Waals surface area contributed by atoms with Gasteiger partial charge in [0.2, 0.25) is 0 Å². The van der Waals surface area contributed by atoms with Crippen molar-refractivity contribution in [2.24, 2.45) is 0 Å². The maximum atomic E-state index is 11.8. The van der Waals surface area contributed by atoms with Crippen LogP contribution in [0.1, 0.15) is 65.2 Å². The number of hydrogen-bond acceptors (Lipinski definition) is 3. The summed E-state index contributed by atoms with van der Waals surface area (Å²) in [5.74, 6) is 0. The van der Waals surface area contributed by atoms with Crippen molar-refractivity contribution in [3.05, 3.63) is 12.4 Å². The van der Waals surface area contributed by atoms with Crippen LogP contribution in [-0.2, 0) is 4.74 Å². The van der Waals surface area contributed by atoms with Crippen LogP contribution in [0.4, 0.5) is 4.79 Å². The summed E-state index contributed by atoms with van der Waals surface area (Å²) in [6.07, 6.45) is 13.5. The van der Waals surface area contributed by atoms with Gasteiger partial charge in [0.05, 0.1) is 6.61 Å². The molecule has 1 amide bonds. The minimum absolute atomic E-state index is 0.0565. The quantitative estimate of drug-likeness (QED) is 0.590. The van der Waals surface area contributed by atoms with E-state index in [1.807, 2.05) is 25.1 Å². The number of nitrogens with zero attached hydrogens (tertiary/aromatic N) is 2. The molecule has 0 spiro atoms.